The van der Waals surface area contributed by atoms with Crippen LogP contribution >= 0.6 is 11.6 Å². The minimum atomic E-state index is -0.500. The molecule has 2 rings (SSSR count). The van der Waals surface area contributed by atoms with Crippen molar-refractivity contribution in [3.8, 4) is 0 Å². The van der Waals surface area contributed by atoms with Crippen LogP contribution in [0.15, 0.2) is 24.3 Å². The summed E-state index contributed by atoms with van der Waals surface area (Å²) < 4.78 is 0. The van der Waals surface area contributed by atoms with Crippen molar-refractivity contribution in [1.82, 2.24) is 0 Å². The molecule has 1 aliphatic carbocycles. The molecular formula is C12H16ClNO. The van der Waals surface area contributed by atoms with Crippen LogP contribution in [0.2, 0.25) is 5.02 Å². The summed E-state index contributed by atoms with van der Waals surface area (Å²) in [4.78, 5) is 0. The molecule has 1 aromatic rings. The van der Waals surface area contributed by atoms with Crippen molar-refractivity contribution in [3.63, 3.8) is 0 Å². The highest BCUT2D eigenvalue weighted by atomic mass is 35.5. The third kappa shape index (κ3) is 2.86. The molecule has 0 heterocycles. The van der Waals surface area contributed by atoms with Gasteiger partial charge in [0, 0.05) is 17.3 Å². The van der Waals surface area contributed by atoms with Gasteiger partial charge in [0.25, 0.3) is 0 Å². The number of hydrogen-bond donors (Lipinski definition) is 2. The lowest BCUT2D eigenvalue weighted by atomic mass is 10.0. The summed E-state index contributed by atoms with van der Waals surface area (Å²) in [6.07, 6.45) is 4.10. The van der Waals surface area contributed by atoms with Gasteiger partial charge in [-0.15, -0.1) is 0 Å². The Hall–Kier alpha value is -0.730. The van der Waals surface area contributed by atoms with Crippen LogP contribution in [0.4, 0.5) is 5.69 Å². The Morgan fingerprint density at radius 3 is 2.40 bits per heavy atom. The largest absolute Gasteiger partial charge is 0.388 e. The van der Waals surface area contributed by atoms with E-state index in [1.807, 2.05) is 24.3 Å². The van der Waals surface area contributed by atoms with E-state index in [0.717, 1.165) is 36.4 Å². The Labute approximate surface area is 95.3 Å². The third-order valence-electron chi connectivity index (χ3n) is 3.00. The van der Waals surface area contributed by atoms with Crippen LogP contribution in [0, 0.1) is 0 Å². The van der Waals surface area contributed by atoms with E-state index in [2.05, 4.69) is 5.32 Å². The Morgan fingerprint density at radius 1 is 1.20 bits per heavy atom. The summed E-state index contributed by atoms with van der Waals surface area (Å²) in [5.74, 6) is 0. The molecule has 0 aliphatic heterocycles. The molecule has 15 heavy (non-hydrogen) atoms. The topological polar surface area (TPSA) is 32.3 Å². The van der Waals surface area contributed by atoms with Crippen LogP contribution in [-0.2, 0) is 0 Å². The number of hydrogen-bond acceptors (Lipinski definition) is 2. The first kappa shape index (κ1) is 10.8. The highest BCUT2D eigenvalue weighted by molar-refractivity contribution is 6.30. The maximum atomic E-state index is 10.1. The fourth-order valence-corrected chi connectivity index (χ4v) is 2.17. The first-order chi connectivity index (χ1) is 7.18. The second kappa shape index (κ2) is 4.42. The van der Waals surface area contributed by atoms with E-state index in [1.165, 1.54) is 0 Å². The average molecular weight is 226 g/mol. The quantitative estimate of drug-likeness (QED) is 0.829. The van der Waals surface area contributed by atoms with Gasteiger partial charge in [-0.05, 0) is 37.1 Å². The minimum absolute atomic E-state index is 0.500. The van der Waals surface area contributed by atoms with Crippen LogP contribution in [0.5, 0.6) is 0 Å². The molecule has 2 N–H and O–H groups in total. The zero-order valence-corrected chi connectivity index (χ0v) is 9.43. The van der Waals surface area contributed by atoms with E-state index >= 15 is 0 Å². The molecule has 0 radical (unpaired) electrons. The van der Waals surface area contributed by atoms with Crippen molar-refractivity contribution in [3.05, 3.63) is 29.3 Å². The molecule has 1 fully saturated rings. The zero-order valence-electron chi connectivity index (χ0n) is 8.67. The van der Waals surface area contributed by atoms with E-state index in [4.69, 9.17) is 11.6 Å². The summed E-state index contributed by atoms with van der Waals surface area (Å²) in [5.41, 5.74) is 0.513. The number of nitrogens with one attached hydrogen (secondary N) is 1. The monoisotopic (exact) mass is 225 g/mol. The highest BCUT2D eigenvalue weighted by Crippen LogP contribution is 2.29. The van der Waals surface area contributed by atoms with Crippen molar-refractivity contribution in [2.24, 2.45) is 0 Å². The molecule has 1 aliphatic rings. The maximum Gasteiger partial charge on any atom is 0.0819 e. The van der Waals surface area contributed by atoms with Gasteiger partial charge in [0.2, 0.25) is 0 Å². The van der Waals surface area contributed by atoms with Gasteiger partial charge in [-0.25, -0.2) is 0 Å². The van der Waals surface area contributed by atoms with Crippen LogP contribution in [0.1, 0.15) is 25.7 Å². The third-order valence-corrected chi connectivity index (χ3v) is 3.25. The molecule has 3 heteroatoms. The van der Waals surface area contributed by atoms with E-state index in [9.17, 15) is 5.11 Å². The van der Waals surface area contributed by atoms with Gasteiger partial charge < -0.3 is 10.4 Å². The fourth-order valence-electron chi connectivity index (χ4n) is 2.04. The molecule has 0 saturated heterocycles. The lowest BCUT2D eigenvalue weighted by molar-refractivity contribution is 0.0615. The van der Waals surface area contributed by atoms with E-state index in [-0.39, 0.29) is 0 Å². The van der Waals surface area contributed by atoms with Crippen LogP contribution in [0.25, 0.3) is 0 Å². The van der Waals surface area contributed by atoms with E-state index in [1.54, 1.807) is 0 Å². The molecule has 82 valence electrons. The standard InChI is InChI=1S/C12H16ClNO/c13-10-3-5-11(6-4-10)14-9-12(15)7-1-2-8-12/h3-6,14-15H,1-2,7-9H2. The predicted octanol–water partition coefficient (Wildman–Crippen LogP) is 3.06. The molecule has 1 saturated carbocycles. The van der Waals surface area contributed by atoms with Gasteiger partial charge in [0.1, 0.15) is 0 Å². The minimum Gasteiger partial charge on any atom is -0.388 e. The number of anilines is 1. The Balaban J connectivity index is 1.90. The van der Waals surface area contributed by atoms with Crippen molar-refractivity contribution in [1.29, 1.82) is 0 Å². The van der Waals surface area contributed by atoms with Crippen molar-refractivity contribution in [2.45, 2.75) is 31.3 Å². The van der Waals surface area contributed by atoms with E-state index < -0.39 is 5.60 Å². The summed E-state index contributed by atoms with van der Waals surface area (Å²) in [7, 11) is 0. The van der Waals surface area contributed by atoms with Gasteiger partial charge in [-0.3, -0.25) is 0 Å². The van der Waals surface area contributed by atoms with Crippen LogP contribution in [0.3, 0.4) is 0 Å². The summed E-state index contributed by atoms with van der Waals surface area (Å²) in [6, 6.07) is 7.56. The Bertz CT molecular complexity index is 317. The zero-order chi connectivity index (χ0) is 10.7. The molecule has 0 bridgehead atoms. The van der Waals surface area contributed by atoms with Gasteiger partial charge in [0.15, 0.2) is 0 Å². The lowest BCUT2D eigenvalue weighted by Gasteiger charge is -2.23. The first-order valence-corrected chi connectivity index (χ1v) is 5.78. The number of halogens is 1. The lowest BCUT2D eigenvalue weighted by Crippen LogP contribution is -2.33. The molecule has 0 amide bonds. The highest BCUT2D eigenvalue weighted by Gasteiger charge is 2.30. The molecular weight excluding hydrogens is 210 g/mol. The van der Waals surface area contributed by atoms with Gasteiger partial charge >= 0.3 is 0 Å². The normalized spacial score (nSPS) is 19.1. The van der Waals surface area contributed by atoms with Crippen molar-refractivity contribution < 1.29 is 5.11 Å². The Morgan fingerprint density at radius 2 is 1.80 bits per heavy atom. The molecule has 0 atom stereocenters. The molecule has 1 aromatic carbocycles. The maximum absolute atomic E-state index is 10.1. The molecule has 0 spiro atoms. The second-order valence-electron chi connectivity index (χ2n) is 4.29. The summed E-state index contributed by atoms with van der Waals surface area (Å²) in [6.45, 7) is 0.634. The Kier molecular flexibility index (Phi) is 3.17. The van der Waals surface area contributed by atoms with Crippen LogP contribution in [-0.4, -0.2) is 17.3 Å². The van der Waals surface area contributed by atoms with Gasteiger partial charge in [-0.1, -0.05) is 24.4 Å². The van der Waals surface area contributed by atoms with Crippen molar-refractivity contribution >= 4 is 17.3 Å². The number of rotatable bonds is 3. The summed E-state index contributed by atoms with van der Waals surface area (Å²) in [5, 5.41) is 14.1. The smallest absolute Gasteiger partial charge is 0.0819 e. The van der Waals surface area contributed by atoms with Gasteiger partial charge in [-0.2, -0.15) is 0 Å². The SMILES string of the molecule is OC1(CNc2ccc(Cl)cc2)CCCC1. The number of aliphatic hydroxyl groups is 1. The van der Waals surface area contributed by atoms with Crippen molar-refractivity contribution in [2.75, 3.05) is 11.9 Å². The van der Waals surface area contributed by atoms with Gasteiger partial charge in [0.05, 0.1) is 5.60 Å². The van der Waals surface area contributed by atoms with E-state index in [0.29, 0.717) is 6.54 Å². The summed E-state index contributed by atoms with van der Waals surface area (Å²) >= 11 is 5.79. The fraction of sp³-hybridized carbons (Fsp3) is 0.500. The second-order valence-corrected chi connectivity index (χ2v) is 4.73. The first-order valence-electron chi connectivity index (χ1n) is 5.40. The molecule has 0 unspecified atom stereocenters. The molecule has 2 nitrogen and oxygen atoms in total. The number of benzene rings is 1. The predicted molar refractivity (Wildman–Crippen MR) is 63.4 cm³/mol. The molecule has 0 aromatic heterocycles. The average Bonchev–Trinajstić information content (AvgIpc) is 2.65. The van der Waals surface area contributed by atoms with Crippen LogP contribution < -0.4 is 5.32 Å².